The van der Waals surface area contributed by atoms with Gasteiger partial charge < -0.3 is 19.3 Å². The Balaban J connectivity index is 2.02. The second kappa shape index (κ2) is 5.56. The zero-order chi connectivity index (χ0) is 16.8. The molecule has 0 bridgehead atoms. The fourth-order valence-corrected chi connectivity index (χ4v) is 4.15. The average Bonchev–Trinajstić information content (AvgIpc) is 3.25. The molecule has 2 aliphatic rings. The SMILES string of the molecule is COC(=O)[C@@](Cl)([C@H](O)c1ccc2c(c1)OCO2)C1(C(C)C)CC1. The van der Waals surface area contributed by atoms with Gasteiger partial charge in [0.1, 0.15) is 6.10 Å². The van der Waals surface area contributed by atoms with Crippen LogP contribution in [0.5, 0.6) is 11.5 Å². The van der Waals surface area contributed by atoms with Gasteiger partial charge >= 0.3 is 5.97 Å². The van der Waals surface area contributed by atoms with Gasteiger partial charge in [0.05, 0.1) is 7.11 Å². The topological polar surface area (TPSA) is 65.0 Å². The Bertz CT molecular complexity index is 625. The normalized spacial score (nSPS) is 21.7. The van der Waals surface area contributed by atoms with E-state index in [1.165, 1.54) is 7.11 Å². The summed E-state index contributed by atoms with van der Waals surface area (Å²) in [6.45, 7) is 4.17. The predicted molar refractivity (Wildman–Crippen MR) is 84.6 cm³/mol. The highest BCUT2D eigenvalue weighted by Crippen LogP contribution is 2.65. The minimum Gasteiger partial charge on any atom is -0.468 e. The number of hydrogen-bond donors (Lipinski definition) is 1. The molecule has 0 unspecified atom stereocenters. The number of benzene rings is 1. The van der Waals surface area contributed by atoms with E-state index in [1.807, 2.05) is 13.8 Å². The summed E-state index contributed by atoms with van der Waals surface area (Å²) >= 11 is 6.78. The van der Waals surface area contributed by atoms with Gasteiger partial charge in [-0.05, 0) is 36.5 Å². The summed E-state index contributed by atoms with van der Waals surface area (Å²) in [5.74, 6) is 0.697. The summed E-state index contributed by atoms with van der Waals surface area (Å²) in [5.41, 5.74) is 0.0406. The van der Waals surface area contributed by atoms with Crippen LogP contribution >= 0.6 is 11.6 Å². The fraction of sp³-hybridized carbons (Fsp3) is 0.588. The lowest BCUT2D eigenvalue weighted by atomic mass is 9.74. The van der Waals surface area contributed by atoms with Crippen molar-refractivity contribution in [2.45, 2.75) is 37.7 Å². The minimum absolute atomic E-state index is 0.141. The first kappa shape index (κ1) is 16.4. The molecular weight excluding hydrogens is 320 g/mol. The van der Waals surface area contributed by atoms with Gasteiger partial charge in [0.25, 0.3) is 0 Å². The molecule has 0 amide bonds. The van der Waals surface area contributed by atoms with E-state index in [-0.39, 0.29) is 12.7 Å². The van der Waals surface area contributed by atoms with E-state index in [0.717, 1.165) is 12.8 Å². The molecule has 126 valence electrons. The van der Waals surface area contributed by atoms with E-state index in [9.17, 15) is 9.90 Å². The number of rotatable bonds is 5. The molecular formula is C17H21ClO5. The lowest BCUT2D eigenvalue weighted by molar-refractivity contribution is -0.151. The van der Waals surface area contributed by atoms with Gasteiger partial charge in [-0.2, -0.15) is 0 Å². The van der Waals surface area contributed by atoms with Gasteiger partial charge in [0, 0.05) is 5.41 Å². The van der Waals surface area contributed by atoms with Crippen LogP contribution in [0.15, 0.2) is 18.2 Å². The van der Waals surface area contributed by atoms with Crippen LogP contribution in [-0.2, 0) is 9.53 Å². The lowest BCUT2D eigenvalue weighted by Gasteiger charge is -2.39. The van der Waals surface area contributed by atoms with Crippen molar-refractivity contribution in [3.05, 3.63) is 23.8 Å². The number of halogens is 1. The second-order valence-electron chi connectivity index (χ2n) is 6.53. The van der Waals surface area contributed by atoms with Crippen molar-refractivity contribution in [1.82, 2.24) is 0 Å². The maximum Gasteiger partial charge on any atom is 0.330 e. The van der Waals surface area contributed by atoms with Gasteiger partial charge in [-0.1, -0.05) is 19.9 Å². The first-order chi connectivity index (χ1) is 10.9. The molecule has 0 aromatic heterocycles. The smallest absolute Gasteiger partial charge is 0.330 e. The Morgan fingerprint density at radius 2 is 2.00 bits per heavy atom. The molecule has 2 atom stereocenters. The first-order valence-corrected chi connectivity index (χ1v) is 8.09. The quantitative estimate of drug-likeness (QED) is 0.659. The van der Waals surface area contributed by atoms with Crippen LogP contribution in [0.1, 0.15) is 38.4 Å². The third-order valence-corrected chi connectivity index (χ3v) is 5.93. The third kappa shape index (κ3) is 2.29. The van der Waals surface area contributed by atoms with E-state index < -0.39 is 22.4 Å². The van der Waals surface area contributed by atoms with Crippen molar-refractivity contribution in [3.63, 3.8) is 0 Å². The molecule has 6 heteroatoms. The largest absolute Gasteiger partial charge is 0.468 e. The molecule has 1 saturated carbocycles. The van der Waals surface area contributed by atoms with Crippen LogP contribution in [0.4, 0.5) is 0 Å². The third-order valence-electron chi connectivity index (χ3n) is 5.19. The second-order valence-corrected chi connectivity index (χ2v) is 7.13. The molecule has 1 N–H and O–H groups in total. The summed E-state index contributed by atoms with van der Waals surface area (Å²) in [7, 11) is 1.29. The number of alkyl halides is 1. The van der Waals surface area contributed by atoms with Crippen LogP contribution in [0.2, 0.25) is 0 Å². The Morgan fingerprint density at radius 3 is 2.57 bits per heavy atom. The van der Waals surface area contributed by atoms with Gasteiger partial charge in [-0.15, -0.1) is 11.6 Å². The van der Waals surface area contributed by atoms with Crippen molar-refractivity contribution in [1.29, 1.82) is 0 Å². The minimum atomic E-state index is -1.52. The molecule has 5 nitrogen and oxygen atoms in total. The number of hydrogen-bond acceptors (Lipinski definition) is 5. The number of aliphatic hydroxyl groups excluding tert-OH is 1. The summed E-state index contributed by atoms with van der Waals surface area (Å²) in [6.07, 6.45) is 0.367. The number of carbonyl (C=O) groups excluding carboxylic acids is 1. The maximum absolute atomic E-state index is 12.5. The summed E-state index contributed by atoms with van der Waals surface area (Å²) in [4.78, 5) is 11.0. The van der Waals surface area contributed by atoms with E-state index in [4.69, 9.17) is 25.8 Å². The highest BCUT2D eigenvalue weighted by molar-refractivity contribution is 6.35. The van der Waals surface area contributed by atoms with E-state index >= 15 is 0 Å². The number of ether oxygens (including phenoxy) is 3. The van der Waals surface area contributed by atoms with Crippen LogP contribution in [0.25, 0.3) is 0 Å². The number of fused-ring (bicyclic) bond motifs is 1. The van der Waals surface area contributed by atoms with Crippen LogP contribution in [-0.4, -0.2) is 29.9 Å². The van der Waals surface area contributed by atoms with Crippen molar-refractivity contribution in [3.8, 4) is 11.5 Å². The van der Waals surface area contributed by atoms with E-state index in [0.29, 0.717) is 17.1 Å². The van der Waals surface area contributed by atoms with Crippen molar-refractivity contribution in [2.75, 3.05) is 13.9 Å². The molecule has 1 fully saturated rings. The van der Waals surface area contributed by atoms with Crippen LogP contribution < -0.4 is 9.47 Å². The standard InChI is InChI=1S/C17H21ClO5/c1-10(2)16(6-7-16)17(18,15(20)21-3)14(19)11-4-5-12-13(8-11)23-9-22-12/h4-5,8,10,14,19H,6-7,9H2,1-3H3/t14-,17+/m1/s1. The number of aliphatic hydroxyl groups is 1. The summed E-state index contributed by atoms with van der Waals surface area (Å²) < 4.78 is 15.6. The van der Waals surface area contributed by atoms with Gasteiger partial charge in [0.15, 0.2) is 16.4 Å². The predicted octanol–water partition coefficient (Wildman–Crippen LogP) is 3.04. The Kier molecular flexibility index (Phi) is 3.97. The first-order valence-electron chi connectivity index (χ1n) is 7.72. The van der Waals surface area contributed by atoms with Crippen LogP contribution in [0, 0.1) is 11.3 Å². The average molecular weight is 341 g/mol. The lowest BCUT2D eigenvalue weighted by Crippen LogP contribution is -2.50. The molecule has 1 aromatic rings. The number of esters is 1. The highest BCUT2D eigenvalue weighted by Gasteiger charge is 2.68. The van der Waals surface area contributed by atoms with Gasteiger partial charge in [-0.25, -0.2) is 0 Å². The molecule has 0 spiro atoms. The van der Waals surface area contributed by atoms with Crippen molar-refractivity contribution >= 4 is 17.6 Å². The molecule has 1 heterocycles. The molecule has 3 rings (SSSR count). The van der Waals surface area contributed by atoms with Crippen LogP contribution in [0.3, 0.4) is 0 Å². The molecule has 1 aliphatic carbocycles. The monoisotopic (exact) mass is 340 g/mol. The van der Waals surface area contributed by atoms with E-state index in [2.05, 4.69) is 0 Å². The van der Waals surface area contributed by atoms with E-state index in [1.54, 1.807) is 18.2 Å². The fourth-order valence-electron chi connectivity index (χ4n) is 3.54. The number of methoxy groups -OCH3 is 1. The zero-order valence-corrected chi connectivity index (χ0v) is 14.2. The summed E-state index contributed by atoms with van der Waals surface area (Å²) in [6, 6.07) is 5.09. The van der Waals surface area contributed by atoms with Gasteiger partial charge in [0.2, 0.25) is 6.79 Å². The molecule has 1 aliphatic heterocycles. The molecule has 23 heavy (non-hydrogen) atoms. The summed E-state index contributed by atoms with van der Waals surface area (Å²) in [5, 5.41) is 11.0. The Morgan fingerprint density at radius 1 is 1.35 bits per heavy atom. The Labute approximate surface area is 140 Å². The molecule has 0 radical (unpaired) electrons. The number of carbonyl (C=O) groups is 1. The maximum atomic E-state index is 12.5. The van der Waals surface area contributed by atoms with Crippen molar-refractivity contribution in [2.24, 2.45) is 11.3 Å². The Hall–Kier alpha value is -1.46. The molecule has 0 saturated heterocycles. The highest BCUT2D eigenvalue weighted by atomic mass is 35.5. The zero-order valence-electron chi connectivity index (χ0n) is 13.5. The van der Waals surface area contributed by atoms with Gasteiger partial charge in [-0.3, -0.25) is 4.79 Å². The van der Waals surface area contributed by atoms with Crippen molar-refractivity contribution < 1.29 is 24.1 Å². The molecule has 1 aromatic carbocycles.